The Kier molecular flexibility index (Phi) is 2.57. The maximum Gasteiger partial charge on any atom is 0.213 e. The van der Waals surface area contributed by atoms with Crippen molar-refractivity contribution in [3.05, 3.63) is 0 Å². The predicted octanol–water partition coefficient (Wildman–Crippen LogP) is 0.0381. The summed E-state index contributed by atoms with van der Waals surface area (Å²) in [6.07, 6.45) is 2.08. The zero-order valence-corrected chi connectivity index (χ0v) is 9.21. The van der Waals surface area contributed by atoms with Crippen molar-refractivity contribution in [3.63, 3.8) is 0 Å². The number of nitriles is 1. The molecular formula is C7H12N4O2P-. The van der Waals surface area contributed by atoms with Crippen LogP contribution in [0, 0.1) is 11.5 Å². The molecule has 0 bridgehead atoms. The highest BCUT2D eigenvalue weighted by molar-refractivity contribution is 7.57. The maximum atomic E-state index is 11.7. The highest BCUT2D eigenvalue weighted by atomic mass is 31.2. The molecule has 0 aliphatic carbocycles. The van der Waals surface area contributed by atoms with E-state index in [1.54, 1.807) is 27.1 Å². The normalized spacial score (nSPS) is 36.5. The van der Waals surface area contributed by atoms with E-state index in [1.807, 2.05) is 0 Å². The van der Waals surface area contributed by atoms with Crippen LogP contribution in [0.2, 0.25) is 0 Å². The fourth-order valence-corrected chi connectivity index (χ4v) is 2.84. The monoisotopic (exact) mass is 215 g/mol. The Bertz CT molecular complexity index is 361. The van der Waals surface area contributed by atoms with E-state index in [2.05, 4.69) is 10.1 Å². The topological polar surface area (TPSA) is 91.6 Å². The van der Waals surface area contributed by atoms with Crippen LogP contribution in [-0.2, 0) is 4.57 Å². The molecule has 0 radical (unpaired) electrons. The van der Waals surface area contributed by atoms with E-state index in [1.165, 1.54) is 4.90 Å². The van der Waals surface area contributed by atoms with E-state index >= 15 is 0 Å². The fourth-order valence-electron chi connectivity index (χ4n) is 1.31. The lowest BCUT2D eigenvalue weighted by Gasteiger charge is -2.38. The van der Waals surface area contributed by atoms with Gasteiger partial charge in [0.25, 0.3) is 0 Å². The van der Waals surface area contributed by atoms with Gasteiger partial charge in [0.1, 0.15) is 0 Å². The van der Waals surface area contributed by atoms with Crippen molar-refractivity contribution in [2.75, 3.05) is 7.05 Å². The number of rotatable bonds is 1. The average molecular weight is 215 g/mol. The molecule has 1 aliphatic heterocycles. The molecule has 1 N–H and O–H groups in total. The predicted molar refractivity (Wildman–Crippen MR) is 50.2 cm³/mol. The summed E-state index contributed by atoms with van der Waals surface area (Å²) in [5.41, 5.74) is 0. The molecule has 14 heavy (non-hydrogen) atoms. The van der Waals surface area contributed by atoms with Gasteiger partial charge in [-0.15, -0.1) is 0 Å². The van der Waals surface area contributed by atoms with Gasteiger partial charge in [-0.25, -0.2) is 4.76 Å². The van der Waals surface area contributed by atoms with Crippen LogP contribution in [0.4, 0.5) is 0 Å². The first-order valence-electron chi connectivity index (χ1n) is 4.19. The van der Waals surface area contributed by atoms with Crippen molar-refractivity contribution >= 4 is 13.5 Å². The first-order valence-corrected chi connectivity index (χ1v) is 5.77. The minimum Gasteiger partial charge on any atom is -0.781 e. The lowest BCUT2D eigenvalue weighted by molar-refractivity contribution is -0.182. The number of hydrogen-bond acceptors (Lipinski definition) is 5. The van der Waals surface area contributed by atoms with Gasteiger partial charge in [0, 0.05) is 7.05 Å². The lowest BCUT2D eigenvalue weighted by atomic mass is 10.2. The van der Waals surface area contributed by atoms with Crippen LogP contribution >= 0.6 is 7.52 Å². The van der Waals surface area contributed by atoms with Crippen molar-refractivity contribution in [1.29, 1.82) is 5.26 Å². The summed E-state index contributed by atoms with van der Waals surface area (Å²) >= 11 is 0. The van der Waals surface area contributed by atoms with Gasteiger partial charge in [-0.2, -0.15) is 5.26 Å². The Morgan fingerprint density at radius 2 is 2.43 bits per heavy atom. The molecule has 0 saturated heterocycles. The third-order valence-electron chi connectivity index (χ3n) is 2.71. The van der Waals surface area contributed by atoms with Gasteiger partial charge in [-0.3, -0.25) is 5.32 Å². The maximum absolute atomic E-state index is 11.7. The van der Waals surface area contributed by atoms with Crippen molar-refractivity contribution in [3.8, 4) is 6.19 Å². The van der Waals surface area contributed by atoms with Crippen molar-refractivity contribution in [1.82, 2.24) is 10.2 Å². The van der Waals surface area contributed by atoms with E-state index in [-0.39, 0.29) is 5.96 Å². The molecule has 0 aromatic heterocycles. The Morgan fingerprint density at radius 1 is 1.86 bits per heavy atom. The van der Waals surface area contributed by atoms with Gasteiger partial charge in [-0.05, 0) is 13.3 Å². The van der Waals surface area contributed by atoms with Crippen LogP contribution in [0.5, 0.6) is 0 Å². The summed E-state index contributed by atoms with van der Waals surface area (Å²) in [4.78, 5) is 13.1. The van der Waals surface area contributed by atoms with Gasteiger partial charge in [0.2, 0.25) is 5.96 Å². The van der Waals surface area contributed by atoms with Crippen LogP contribution in [0.1, 0.15) is 20.3 Å². The minimum atomic E-state index is -3.86. The molecule has 2 atom stereocenters. The Morgan fingerprint density at radius 3 is 2.79 bits per heavy atom. The molecule has 2 unspecified atom stereocenters. The molecule has 0 saturated carbocycles. The second kappa shape index (κ2) is 3.26. The van der Waals surface area contributed by atoms with Crippen molar-refractivity contribution < 1.29 is 9.46 Å². The van der Waals surface area contributed by atoms with Crippen molar-refractivity contribution in [2.45, 2.75) is 25.5 Å². The van der Waals surface area contributed by atoms with E-state index < -0.39 is 12.8 Å². The molecule has 1 rings (SSSR count). The molecule has 1 heterocycles. The molecule has 1 aliphatic rings. The van der Waals surface area contributed by atoms with Crippen LogP contribution in [0.25, 0.3) is 0 Å². The number of nitrogens with one attached hydrogen (secondary N) is 1. The van der Waals surface area contributed by atoms with E-state index in [4.69, 9.17) is 5.26 Å². The highest BCUT2D eigenvalue weighted by Gasteiger charge is 2.45. The van der Waals surface area contributed by atoms with Gasteiger partial charge in [0.15, 0.2) is 13.7 Å². The summed E-state index contributed by atoms with van der Waals surface area (Å²) in [6, 6.07) is 0. The minimum absolute atomic E-state index is 0.0928. The summed E-state index contributed by atoms with van der Waals surface area (Å²) in [5.74, 6) is 0.0928. The second-order valence-electron chi connectivity index (χ2n) is 3.31. The fraction of sp³-hybridized carbons (Fsp3) is 0.714. The zero-order chi connectivity index (χ0) is 11.0. The van der Waals surface area contributed by atoms with E-state index in [9.17, 15) is 9.46 Å². The SMILES string of the molecule is CCC1(C)N(C)C(NC#N)=NP1(=O)[O-]. The number of hydrogen-bond donors (Lipinski definition) is 1. The second-order valence-corrected chi connectivity index (χ2v) is 5.51. The van der Waals surface area contributed by atoms with Crippen LogP contribution in [-0.4, -0.2) is 23.2 Å². The standard InChI is InChI=1S/C7H13N4O2P/c1-4-7(2)11(3)6(9-5-8)10-14(7,12)13/h4H2,1-3H3,(H2,9,10,12,13)/p-1. The first-order chi connectivity index (χ1) is 6.39. The molecule has 78 valence electrons. The van der Waals surface area contributed by atoms with Crippen LogP contribution in [0.3, 0.4) is 0 Å². The highest BCUT2D eigenvalue weighted by Crippen LogP contribution is 2.58. The van der Waals surface area contributed by atoms with Gasteiger partial charge >= 0.3 is 0 Å². The zero-order valence-electron chi connectivity index (χ0n) is 8.31. The molecule has 0 amide bonds. The number of guanidine groups is 1. The van der Waals surface area contributed by atoms with Crippen LogP contribution in [0.15, 0.2) is 4.76 Å². The summed E-state index contributed by atoms with van der Waals surface area (Å²) in [5, 5.41) is 9.62. The Balaban J connectivity index is 3.12. The van der Waals surface area contributed by atoms with E-state index in [0.717, 1.165) is 0 Å². The molecule has 0 aromatic rings. The first kappa shape index (κ1) is 11.0. The number of nitrogens with zero attached hydrogens (tertiary/aromatic N) is 3. The molecule has 0 spiro atoms. The average Bonchev–Trinajstić information content (AvgIpc) is 2.28. The summed E-state index contributed by atoms with van der Waals surface area (Å²) in [7, 11) is -2.26. The Labute approximate surface area is 82.7 Å². The Hall–Kier alpha value is -1.05. The van der Waals surface area contributed by atoms with Gasteiger partial charge in [0.05, 0.1) is 5.28 Å². The molecule has 0 fully saturated rings. The summed E-state index contributed by atoms with van der Waals surface area (Å²) in [6.45, 7) is 3.36. The molecule has 7 heteroatoms. The van der Waals surface area contributed by atoms with Gasteiger partial charge < -0.3 is 14.4 Å². The molecular weight excluding hydrogens is 203 g/mol. The van der Waals surface area contributed by atoms with Crippen molar-refractivity contribution in [2.24, 2.45) is 4.76 Å². The largest absolute Gasteiger partial charge is 0.781 e. The van der Waals surface area contributed by atoms with E-state index in [0.29, 0.717) is 6.42 Å². The third kappa shape index (κ3) is 1.29. The third-order valence-corrected chi connectivity index (χ3v) is 5.00. The molecule has 6 nitrogen and oxygen atoms in total. The smallest absolute Gasteiger partial charge is 0.213 e. The molecule has 0 aromatic carbocycles. The lowest BCUT2D eigenvalue weighted by Crippen LogP contribution is -2.46. The van der Waals surface area contributed by atoms with Gasteiger partial charge in [-0.1, -0.05) is 6.92 Å². The summed E-state index contributed by atoms with van der Waals surface area (Å²) < 4.78 is 15.2. The quantitative estimate of drug-likeness (QED) is 0.378. The van der Waals surface area contributed by atoms with Crippen LogP contribution < -0.4 is 10.2 Å².